The summed E-state index contributed by atoms with van der Waals surface area (Å²) >= 11 is 0. The van der Waals surface area contributed by atoms with Gasteiger partial charge in [0.25, 0.3) is 0 Å². The molecule has 0 aliphatic heterocycles. The van der Waals surface area contributed by atoms with Crippen molar-refractivity contribution in [1.29, 1.82) is 0 Å². The van der Waals surface area contributed by atoms with Gasteiger partial charge in [0.15, 0.2) is 0 Å². The van der Waals surface area contributed by atoms with E-state index in [4.69, 9.17) is 15.3 Å². The molecule has 0 bridgehead atoms. The highest BCUT2D eigenvalue weighted by Gasteiger charge is 2.00. The third-order valence-corrected chi connectivity index (χ3v) is 1.25. The van der Waals surface area contributed by atoms with Crippen molar-refractivity contribution >= 4 is 9.90 Å². The molecule has 78 valence electrons. The van der Waals surface area contributed by atoms with E-state index in [9.17, 15) is 0 Å². The van der Waals surface area contributed by atoms with Crippen LogP contribution in [0.1, 0.15) is 0 Å². The van der Waals surface area contributed by atoms with Gasteiger partial charge in [-0.2, -0.15) is 9.90 Å². The van der Waals surface area contributed by atoms with E-state index in [1.807, 2.05) is 0 Å². The molecule has 6 N–H and O–H groups in total. The fourth-order valence-electron chi connectivity index (χ4n) is 0.760. The van der Waals surface area contributed by atoms with E-state index in [-0.39, 0.29) is 35.9 Å². The highest BCUT2D eigenvalue weighted by molar-refractivity contribution is 6.92. The number of aliphatic hydroxyl groups excluding tert-OH is 3. The third kappa shape index (κ3) is 10.2. The Bertz CT molecular complexity index is 63.5. The molecule has 5 nitrogen and oxygen atoms in total. The Morgan fingerprint density at radius 1 is 0.750 bits per heavy atom. The fourth-order valence-corrected chi connectivity index (χ4v) is 0.760. The van der Waals surface area contributed by atoms with E-state index in [2.05, 4.69) is 0 Å². The Balaban J connectivity index is -0.000000405. The monoisotopic (exact) mass is 200 g/mol. The molecule has 12 heavy (non-hydrogen) atoms. The van der Waals surface area contributed by atoms with Crippen LogP contribution in [-0.4, -0.2) is 59.7 Å². The van der Waals surface area contributed by atoms with Crippen LogP contribution in [0.2, 0.25) is 0 Å². The van der Waals surface area contributed by atoms with Crippen molar-refractivity contribution in [3.8, 4) is 0 Å². The first-order valence-corrected chi connectivity index (χ1v) is 3.40. The average molecular weight is 200 g/mol. The van der Waals surface area contributed by atoms with Crippen LogP contribution in [0.25, 0.3) is 0 Å². The summed E-state index contributed by atoms with van der Waals surface area (Å²) in [4.78, 5) is 1.79. The molecule has 1 unspecified atom stereocenters. The van der Waals surface area contributed by atoms with Crippen molar-refractivity contribution in [2.75, 3.05) is 39.5 Å². The lowest BCUT2D eigenvalue weighted by Crippen LogP contribution is -2.32. The van der Waals surface area contributed by atoms with Gasteiger partial charge in [-0.25, -0.2) is 0 Å². The standard InChI is InChI=1S/C6H15NO3.H3N.H3P/c8-4-1-7(2-5-9)3-6-10;;/h8-10H,1-6H2;2*1H3. The molecule has 0 spiro atoms. The maximum absolute atomic E-state index is 8.48. The van der Waals surface area contributed by atoms with Gasteiger partial charge in [-0.15, -0.1) is 0 Å². The first kappa shape index (κ1) is 18.1. The van der Waals surface area contributed by atoms with Gasteiger partial charge in [0, 0.05) is 19.6 Å². The smallest absolute Gasteiger partial charge is 0.0558 e. The van der Waals surface area contributed by atoms with Crippen LogP contribution in [-0.2, 0) is 0 Å². The zero-order chi connectivity index (χ0) is 7.82. The topological polar surface area (TPSA) is 98.9 Å². The van der Waals surface area contributed by atoms with E-state index >= 15 is 0 Å². The SMILES string of the molecule is N.OCCN(CCO)CCO.P. The highest BCUT2D eigenvalue weighted by Crippen LogP contribution is 1.84. The Kier molecular flexibility index (Phi) is 20.8. The molecule has 0 saturated heterocycles. The second-order valence-corrected chi connectivity index (χ2v) is 2.01. The van der Waals surface area contributed by atoms with Crippen molar-refractivity contribution < 1.29 is 15.3 Å². The summed E-state index contributed by atoms with van der Waals surface area (Å²) < 4.78 is 0. The van der Waals surface area contributed by atoms with Crippen LogP contribution in [0.4, 0.5) is 0 Å². The first-order chi connectivity index (χ1) is 4.85. The number of aliphatic hydroxyl groups is 3. The minimum Gasteiger partial charge on any atom is -0.395 e. The van der Waals surface area contributed by atoms with Gasteiger partial charge >= 0.3 is 0 Å². The predicted octanol–water partition coefficient (Wildman–Crippen LogP) is -1.51. The summed E-state index contributed by atoms with van der Waals surface area (Å²) in [6, 6.07) is 0. The summed E-state index contributed by atoms with van der Waals surface area (Å²) in [5.74, 6) is 0. The summed E-state index contributed by atoms with van der Waals surface area (Å²) in [5.41, 5.74) is 0. The van der Waals surface area contributed by atoms with Crippen molar-refractivity contribution in [3.05, 3.63) is 0 Å². The second-order valence-electron chi connectivity index (χ2n) is 2.01. The minimum absolute atomic E-state index is 0. The normalized spacial score (nSPS) is 9.00. The lowest BCUT2D eigenvalue weighted by atomic mass is 10.4. The van der Waals surface area contributed by atoms with Crippen molar-refractivity contribution in [1.82, 2.24) is 11.1 Å². The molecule has 0 amide bonds. The van der Waals surface area contributed by atoms with Gasteiger partial charge in [-0.1, -0.05) is 0 Å². The molecule has 0 aliphatic rings. The van der Waals surface area contributed by atoms with Crippen molar-refractivity contribution in [2.45, 2.75) is 0 Å². The largest absolute Gasteiger partial charge is 0.395 e. The van der Waals surface area contributed by atoms with E-state index < -0.39 is 0 Å². The van der Waals surface area contributed by atoms with Gasteiger partial charge in [0.1, 0.15) is 0 Å². The summed E-state index contributed by atoms with van der Waals surface area (Å²) in [6.45, 7) is 1.75. The number of hydrogen-bond acceptors (Lipinski definition) is 5. The first-order valence-electron chi connectivity index (χ1n) is 3.40. The minimum atomic E-state index is 0. The van der Waals surface area contributed by atoms with E-state index in [1.54, 1.807) is 4.90 Å². The molecule has 6 heteroatoms. The quantitative estimate of drug-likeness (QED) is 0.390. The Morgan fingerprint density at radius 3 is 1.17 bits per heavy atom. The Morgan fingerprint density at radius 2 is 1.00 bits per heavy atom. The van der Waals surface area contributed by atoms with Crippen molar-refractivity contribution in [3.63, 3.8) is 0 Å². The number of nitrogens with zero attached hydrogens (tertiary/aromatic N) is 1. The van der Waals surface area contributed by atoms with Gasteiger partial charge in [0.05, 0.1) is 19.8 Å². The van der Waals surface area contributed by atoms with Crippen LogP contribution < -0.4 is 6.15 Å². The second kappa shape index (κ2) is 13.8. The molecular formula is C6H21N2O3P. The molecule has 0 aromatic rings. The molecule has 0 aromatic heterocycles. The molecular weight excluding hydrogens is 179 g/mol. The van der Waals surface area contributed by atoms with Crippen molar-refractivity contribution in [2.24, 2.45) is 0 Å². The maximum atomic E-state index is 8.48. The van der Waals surface area contributed by atoms with Gasteiger partial charge in [0.2, 0.25) is 0 Å². The predicted molar refractivity (Wildman–Crippen MR) is 53.8 cm³/mol. The molecule has 1 atom stereocenters. The number of rotatable bonds is 6. The molecule has 0 aliphatic carbocycles. The van der Waals surface area contributed by atoms with Crippen LogP contribution in [0.5, 0.6) is 0 Å². The van der Waals surface area contributed by atoms with Crippen LogP contribution in [0.3, 0.4) is 0 Å². The Hall–Kier alpha value is 0.230. The van der Waals surface area contributed by atoms with Crippen LogP contribution in [0, 0.1) is 0 Å². The zero-order valence-corrected chi connectivity index (χ0v) is 8.86. The maximum Gasteiger partial charge on any atom is 0.0558 e. The molecule has 0 saturated carbocycles. The average Bonchev–Trinajstić information content (AvgIpc) is 1.90. The summed E-state index contributed by atoms with van der Waals surface area (Å²) in [7, 11) is 0. The molecule has 0 radical (unpaired) electrons. The summed E-state index contributed by atoms with van der Waals surface area (Å²) in [6.07, 6.45) is 0. The van der Waals surface area contributed by atoms with E-state index in [0.717, 1.165) is 0 Å². The molecule has 0 rings (SSSR count). The van der Waals surface area contributed by atoms with Crippen LogP contribution >= 0.6 is 9.90 Å². The lowest BCUT2D eigenvalue weighted by molar-refractivity contribution is 0.136. The lowest BCUT2D eigenvalue weighted by Gasteiger charge is -2.17. The van der Waals surface area contributed by atoms with E-state index in [1.165, 1.54) is 0 Å². The number of hydrogen-bond donors (Lipinski definition) is 4. The fraction of sp³-hybridized carbons (Fsp3) is 1.00. The Labute approximate surface area is 76.6 Å². The molecule has 0 aromatic carbocycles. The summed E-state index contributed by atoms with van der Waals surface area (Å²) in [5, 5.41) is 25.5. The van der Waals surface area contributed by atoms with Gasteiger partial charge in [-0.05, 0) is 0 Å². The highest BCUT2D eigenvalue weighted by atomic mass is 31.0. The molecule has 0 fully saturated rings. The van der Waals surface area contributed by atoms with Crippen LogP contribution in [0.15, 0.2) is 0 Å². The van der Waals surface area contributed by atoms with Gasteiger partial charge in [-0.3, -0.25) is 4.90 Å². The molecule has 0 heterocycles. The zero-order valence-electron chi connectivity index (χ0n) is 7.45. The third-order valence-electron chi connectivity index (χ3n) is 1.25. The van der Waals surface area contributed by atoms with E-state index in [0.29, 0.717) is 19.6 Å². The van der Waals surface area contributed by atoms with Gasteiger partial charge < -0.3 is 21.5 Å².